The molecular formula is C17H18Na2O4P2. The molecule has 2 N–H and O–H groups in total. The molecule has 2 rings (SSSR count). The minimum atomic E-state index is -2.13. The molecule has 0 amide bonds. The first-order chi connectivity index (χ1) is 11.1. The molecule has 0 spiro atoms. The van der Waals surface area contributed by atoms with E-state index in [9.17, 15) is 20.0 Å². The van der Waals surface area contributed by atoms with Gasteiger partial charge in [-0.2, -0.15) is 0 Å². The molecule has 2 aromatic rings. The monoisotopic (exact) mass is 394 g/mol. The second kappa shape index (κ2) is 13.7. The molecule has 0 bridgehead atoms. The number of aliphatic hydroxyl groups is 2. The van der Waals surface area contributed by atoms with Gasteiger partial charge in [-0.05, 0) is 11.1 Å². The zero-order valence-electron chi connectivity index (χ0n) is 14.5. The molecule has 2 radical (unpaired) electrons. The van der Waals surface area contributed by atoms with E-state index < -0.39 is 27.6 Å². The van der Waals surface area contributed by atoms with E-state index >= 15 is 0 Å². The van der Waals surface area contributed by atoms with E-state index in [-0.39, 0.29) is 76.7 Å². The fraction of sp³-hybridized carbons (Fsp3) is 0.176. The Bertz CT molecular complexity index is 707. The zero-order chi connectivity index (χ0) is 16.7. The molecule has 4 nitrogen and oxygen atoms in total. The quantitative estimate of drug-likeness (QED) is 0.561. The fourth-order valence-corrected chi connectivity index (χ4v) is 4.91. The summed E-state index contributed by atoms with van der Waals surface area (Å²) < 4.78 is 0. The molecule has 0 saturated carbocycles. The smallest absolute Gasteiger partial charge is 0.290 e. The van der Waals surface area contributed by atoms with Crippen LogP contribution in [0.5, 0.6) is 0 Å². The van der Waals surface area contributed by atoms with E-state index in [0.717, 1.165) is 11.1 Å². The van der Waals surface area contributed by atoms with Crippen molar-refractivity contribution in [2.24, 2.45) is 0 Å². The normalized spacial score (nSPS) is 12.3. The molecule has 8 heteroatoms. The van der Waals surface area contributed by atoms with Crippen LogP contribution in [0.25, 0.3) is 0 Å². The third-order valence-corrected chi connectivity index (χ3v) is 6.46. The second-order valence-corrected chi connectivity index (χ2v) is 8.08. The number of benzene rings is 2. The second-order valence-electron chi connectivity index (χ2n) is 4.97. The number of hydrogen-bond acceptors (Lipinski definition) is 3. The van der Waals surface area contributed by atoms with Gasteiger partial charge in [0.2, 0.25) is 5.29 Å². The summed E-state index contributed by atoms with van der Waals surface area (Å²) in [4.78, 5) is 24.7. The van der Waals surface area contributed by atoms with E-state index in [1.807, 2.05) is 60.7 Å². The topological polar surface area (TPSA) is 86.6 Å². The third kappa shape index (κ3) is 8.45. The van der Waals surface area contributed by atoms with E-state index in [2.05, 4.69) is 0 Å². The summed E-state index contributed by atoms with van der Waals surface area (Å²) in [5, 5.41) is 19.5. The van der Waals surface area contributed by atoms with Crippen LogP contribution in [0.2, 0.25) is 0 Å². The first kappa shape index (κ1) is 25.6. The molecule has 0 aliphatic rings. The van der Waals surface area contributed by atoms with Crippen molar-refractivity contribution in [3.8, 4) is 0 Å². The Hall–Kier alpha value is 0.620. The average Bonchev–Trinajstić information content (AvgIpc) is 2.57. The molecule has 122 valence electrons. The predicted molar refractivity (Wildman–Crippen MR) is 105 cm³/mol. The van der Waals surface area contributed by atoms with Gasteiger partial charge in [0.05, 0.1) is 15.5 Å². The maximum atomic E-state index is 12.4. The minimum absolute atomic E-state index is 0. The molecule has 0 aromatic heterocycles. The number of hydrogen-bond donors (Lipinski definition) is 2. The molecule has 0 fully saturated rings. The van der Waals surface area contributed by atoms with Gasteiger partial charge >= 0.3 is 0 Å². The van der Waals surface area contributed by atoms with Gasteiger partial charge in [-0.1, -0.05) is 60.7 Å². The molecule has 0 aliphatic carbocycles. The molecule has 0 saturated heterocycles. The predicted octanol–water partition coefficient (Wildman–Crippen LogP) is 0.807. The van der Waals surface area contributed by atoms with Crippen molar-refractivity contribution in [2.75, 3.05) is 6.61 Å². The molecule has 2 aromatic carbocycles. The summed E-state index contributed by atoms with van der Waals surface area (Å²) in [6.45, 7) is -0.566. The first-order valence-electron chi connectivity index (χ1n) is 7.12. The Morgan fingerprint density at radius 2 is 1.16 bits per heavy atom. The fourth-order valence-electron chi connectivity index (χ4n) is 2.07. The first-order valence-corrected chi connectivity index (χ1v) is 10.0. The summed E-state index contributed by atoms with van der Waals surface area (Å²) in [6, 6.07) is 18.3. The van der Waals surface area contributed by atoms with Crippen molar-refractivity contribution in [2.45, 2.75) is 12.3 Å². The van der Waals surface area contributed by atoms with Crippen molar-refractivity contribution in [3.05, 3.63) is 71.8 Å². The Labute approximate surface area is 194 Å². The van der Waals surface area contributed by atoms with E-state index in [0.29, 0.717) is 0 Å². The molecule has 25 heavy (non-hydrogen) atoms. The molecule has 0 heterocycles. The van der Waals surface area contributed by atoms with Crippen molar-refractivity contribution in [1.82, 2.24) is 0 Å². The van der Waals surface area contributed by atoms with Crippen LogP contribution in [-0.2, 0) is 12.3 Å². The Balaban J connectivity index is 0.00000288. The number of aliphatic hydroxyl groups excluding tert-OH is 2. The molecule has 2 atom stereocenters. The van der Waals surface area contributed by atoms with Crippen LogP contribution in [0, 0.1) is 0 Å². The molecular weight excluding hydrogens is 376 g/mol. The van der Waals surface area contributed by atoms with Gasteiger partial charge < -0.3 is 20.0 Å². The Kier molecular flexibility index (Phi) is 14.1. The molecule has 2 unspecified atom stereocenters. The van der Waals surface area contributed by atoms with Crippen molar-refractivity contribution < 1.29 is 20.0 Å². The van der Waals surface area contributed by atoms with Crippen LogP contribution in [0.15, 0.2) is 60.7 Å². The van der Waals surface area contributed by atoms with Crippen LogP contribution in [0.4, 0.5) is 0 Å². The SMILES string of the molecule is [Na].[Na].[O-]/[P+](Cc1ccccc1)=C(CO)\C(O)=[P+](/[O-])Cc1ccccc1. The van der Waals surface area contributed by atoms with E-state index in [1.54, 1.807) is 0 Å². The van der Waals surface area contributed by atoms with Gasteiger partial charge in [0.15, 0.2) is 0 Å². The van der Waals surface area contributed by atoms with Gasteiger partial charge in [0.25, 0.3) is 5.48 Å². The Morgan fingerprint density at radius 1 is 0.760 bits per heavy atom. The zero-order valence-corrected chi connectivity index (χ0v) is 20.3. The van der Waals surface area contributed by atoms with Crippen molar-refractivity contribution in [3.63, 3.8) is 0 Å². The van der Waals surface area contributed by atoms with Gasteiger partial charge in [0, 0.05) is 59.1 Å². The maximum Gasteiger partial charge on any atom is 0.290 e. The van der Waals surface area contributed by atoms with Gasteiger partial charge in [0.1, 0.15) is 18.9 Å². The van der Waals surface area contributed by atoms with Crippen molar-refractivity contribution >= 4 is 85.4 Å². The van der Waals surface area contributed by atoms with Crippen molar-refractivity contribution in [1.29, 1.82) is 0 Å². The van der Waals surface area contributed by atoms with Crippen LogP contribution in [-0.4, -0.2) is 86.7 Å². The molecule has 0 aliphatic heterocycles. The van der Waals surface area contributed by atoms with Gasteiger partial charge in [-0.15, -0.1) is 0 Å². The summed E-state index contributed by atoms with van der Waals surface area (Å²) in [7, 11) is -4.15. The van der Waals surface area contributed by atoms with Crippen LogP contribution >= 0.6 is 15.5 Å². The third-order valence-electron chi connectivity index (χ3n) is 3.28. The largest absolute Gasteiger partial charge is 0.630 e. The summed E-state index contributed by atoms with van der Waals surface area (Å²) in [6.07, 6.45) is 0.352. The van der Waals surface area contributed by atoms with Crippen LogP contribution < -0.4 is 9.79 Å². The summed E-state index contributed by atoms with van der Waals surface area (Å²) in [5.74, 6) is 0. The minimum Gasteiger partial charge on any atom is -0.630 e. The van der Waals surface area contributed by atoms with Gasteiger partial charge in [-0.25, -0.2) is 0 Å². The van der Waals surface area contributed by atoms with Crippen LogP contribution in [0.3, 0.4) is 0 Å². The van der Waals surface area contributed by atoms with Crippen LogP contribution in [0.1, 0.15) is 11.1 Å². The van der Waals surface area contributed by atoms with E-state index in [1.165, 1.54) is 0 Å². The number of rotatable bonds is 6. The van der Waals surface area contributed by atoms with E-state index in [4.69, 9.17) is 0 Å². The maximum absolute atomic E-state index is 12.4. The summed E-state index contributed by atoms with van der Waals surface area (Å²) >= 11 is 0. The standard InChI is InChI=1S/C17H18O4P2.2Na/c18-11-16(22(20)12-14-7-3-1-4-8-14)17(19)23(21)13-15-9-5-2-6-10-15;;/h1-10,18-19H,11-13H2;;. The van der Waals surface area contributed by atoms with Gasteiger partial charge in [-0.3, -0.25) is 0 Å². The summed E-state index contributed by atoms with van der Waals surface area (Å²) in [5.41, 5.74) is 1.21. The Morgan fingerprint density at radius 3 is 1.56 bits per heavy atom. The average molecular weight is 394 g/mol.